The van der Waals surface area contributed by atoms with Crippen molar-refractivity contribution in [1.82, 2.24) is 19.7 Å². The van der Waals surface area contributed by atoms with Crippen molar-refractivity contribution in [3.8, 4) is 22.8 Å². The van der Waals surface area contributed by atoms with E-state index < -0.39 is 0 Å². The van der Waals surface area contributed by atoms with Gasteiger partial charge in [-0.25, -0.2) is 14.6 Å². The topological polar surface area (TPSA) is 106 Å². The second-order valence-electron chi connectivity index (χ2n) is 6.67. The van der Waals surface area contributed by atoms with Gasteiger partial charge in [0.05, 0.1) is 12.8 Å². The van der Waals surface area contributed by atoms with Gasteiger partial charge in [0.2, 0.25) is 5.43 Å². The highest BCUT2D eigenvalue weighted by Crippen LogP contribution is 2.27. The standard InChI is InChI=1S/C24H20N6O2/c1-32-22-16-17(24-26-13-5-14-27-24)8-9-20(22)30-15-11-21(31)23(29-30)19(10-12-25)28-18-6-3-2-4-7-18/h2-16,25,28H,1H3/b19-10-,25-12?. The Hall–Kier alpha value is -4.59. The number of allylic oxidation sites excluding steroid dienone is 1. The van der Waals surface area contributed by atoms with Crippen LogP contribution in [-0.2, 0) is 0 Å². The first kappa shape index (κ1) is 20.7. The molecule has 4 aromatic rings. The summed E-state index contributed by atoms with van der Waals surface area (Å²) in [4.78, 5) is 21.2. The van der Waals surface area contributed by atoms with E-state index in [1.54, 1.807) is 36.4 Å². The van der Waals surface area contributed by atoms with Crippen LogP contribution in [0, 0.1) is 5.41 Å². The van der Waals surface area contributed by atoms with Gasteiger partial charge in [-0.1, -0.05) is 18.2 Å². The molecule has 0 amide bonds. The molecule has 158 valence electrons. The molecule has 2 aromatic heterocycles. The molecule has 0 aliphatic rings. The molecule has 0 atom stereocenters. The zero-order valence-electron chi connectivity index (χ0n) is 17.3. The van der Waals surface area contributed by atoms with Gasteiger partial charge in [-0.2, -0.15) is 5.10 Å². The van der Waals surface area contributed by atoms with Crippen LogP contribution < -0.4 is 15.5 Å². The van der Waals surface area contributed by atoms with Crippen molar-refractivity contribution in [3.63, 3.8) is 0 Å². The molecule has 32 heavy (non-hydrogen) atoms. The maximum absolute atomic E-state index is 12.6. The van der Waals surface area contributed by atoms with Crippen molar-refractivity contribution in [2.45, 2.75) is 0 Å². The number of para-hydroxylation sites is 1. The van der Waals surface area contributed by atoms with Gasteiger partial charge in [0, 0.05) is 42.1 Å². The smallest absolute Gasteiger partial charge is 0.209 e. The van der Waals surface area contributed by atoms with Crippen LogP contribution >= 0.6 is 0 Å². The molecule has 0 aliphatic carbocycles. The molecule has 0 fully saturated rings. The largest absolute Gasteiger partial charge is 0.494 e. The summed E-state index contributed by atoms with van der Waals surface area (Å²) >= 11 is 0. The highest BCUT2D eigenvalue weighted by Gasteiger charge is 2.14. The minimum atomic E-state index is -0.272. The summed E-state index contributed by atoms with van der Waals surface area (Å²) in [6.07, 6.45) is 7.53. The number of ether oxygens (including phenoxy) is 1. The highest BCUT2D eigenvalue weighted by molar-refractivity contribution is 5.86. The van der Waals surface area contributed by atoms with Crippen LogP contribution in [0.3, 0.4) is 0 Å². The predicted molar refractivity (Wildman–Crippen MR) is 124 cm³/mol. The molecule has 2 heterocycles. The van der Waals surface area contributed by atoms with Crippen molar-refractivity contribution in [3.05, 3.63) is 101 Å². The first-order valence-corrected chi connectivity index (χ1v) is 9.78. The van der Waals surface area contributed by atoms with Crippen LogP contribution in [-0.4, -0.2) is 33.1 Å². The third-order valence-electron chi connectivity index (χ3n) is 4.62. The SMILES string of the molecule is COc1cc(-c2ncccn2)ccc1-n1ccc(=O)c(/C(=C/C=N)Nc2ccccc2)n1. The first-order chi connectivity index (χ1) is 15.7. The normalized spacial score (nSPS) is 11.1. The lowest BCUT2D eigenvalue weighted by atomic mass is 10.1. The van der Waals surface area contributed by atoms with Gasteiger partial charge >= 0.3 is 0 Å². The Morgan fingerprint density at radius 2 is 1.84 bits per heavy atom. The molecule has 0 bridgehead atoms. The summed E-state index contributed by atoms with van der Waals surface area (Å²) in [6, 6.07) is 18.1. The summed E-state index contributed by atoms with van der Waals surface area (Å²) < 4.78 is 7.14. The first-order valence-electron chi connectivity index (χ1n) is 9.78. The van der Waals surface area contributed by atoms with Gasteiger partial charge in [0.15, 0.2) is 11.5 Å². The molecule has 0 unspecified atom stereocenters. The summed E-state index contributed by atoms with van der Waals surface area (Å²) in [5.41, 5.74) is 2.54. The van der Waals surface area contributed by atoms with E-state index in [-0.39, 0.29) is 11.1 Å². The van der Waals surface area contributed by atoms with E-state index >= 15 is 0 Å². The number of hydrogen-bond donors (Lipinski definition) is 2. The number of hydrogen-bond acceptors (Lipinski definition) is 7. The summed E-state index contributed by atoms with van der Waals surface area (Å²) in [5.74, 6) is 1.12. The number of aromatic nitrogens is 4. The van der Waals surface area contributed by atoms with Crippen molar-refractivity contribution in [2.24, 2.45) is 0 Å². The lowest BCUT2D eigenvalue weighted by Gasteiger charge is -2.14. The minimum absolute atomic E-state index is 0.178. The number of nitrogens with one attached hydrogen (secondary N) is 2. The fraction of sp³-hybridized carbons (Fsp3) is 0.0417. The Morgan fingerprint density at radius 3 is 2.56 bits per heavy atom. The Morgan fingerprint density at radius 1 is 1.06 bits per heavy atom. The van der Waals surface area contributed by atoms with Crippen LogP contribution in [0.1, 0.15) is 5.69 Å². The highest BCUT2D eigenvalue weighted by atomic mass is 16.5. The number of anilines is 1. The number of rotatable bonds is 7. The predicted octanol–water partition coefficient (Wildman–Crippen LogP) is 3.80. The van der Waals surface area contributed by atoms with Crippen LogP contribution in [0.4, 0.5) is 5.69 Å². The molecule has 0 spiro atoms. The van der Waals surface area contributed by atoms with Gasteiger partial charge < -0.3 is 15.5 Å². The van der Waals surface area contributed by atoms with Gasteiger partial charge in [0.1, 0.15) is 11.4 Å². The minimum Gasteiger partial charge on any atom is -0.494 e. The van der Waals surface area contributed by atoms with Crippen molar-refractivity contribution < 1.29 is 4.74 Å². The molecule has 0 saturated carbocycles. The third kappa shape index (κ3) is 4.44. The average Bonchev–Trinajstić information content (AvgIpc) is 2.85. The van der Waals surface area contributed by atoms with E-state index in [0.717, 1.165) is 17.5 Å². The molecule has 4 rings (SSSR count). The van der Waals surface area contributed by atoms with Gasteiger partial charge in [0.25, 0.3) is 0 Å². The number of benzene rings is 2. The lowest BCUT2D eigenvalue weighted by molar-refractivity contribution is 0.411. The molecule has 0 aliphatic heterocycles. The molecular weight excluding hydrogens is 404 g/mol. The summed E-state index contributed by atoms with van der Waals surface area (Å²) in [5, 5.41) is 15.2. The van der Waals surface area contributed by atoms with Crippen molar-refractivity contribution in [2.75, 3.05) is 12.4 Å². The monoisotopic (exact) mass is 424 g/mol. The third-order valence-corrected chi connectivity index (χ3v) is 4.62. The maximum Gasteiger partial charge on any atom is 0.209 e. The van der Waals surface area contributed by atoms with E-state index in [1.165, 1.54) is 12.1 Å². The van der Waals surface area contributed by atoms with E-state index in [9.17, 15) is 4.79 Å². The second kappa shape index (κ2) is 9.48. The van der Waals surface area contributed by atoms with Gasteiger partial charge in [-0.3, -0.25) is 4.79 Å². The quantitative estimate of drug-likeness (QED) is 0.437. The molecule has 0 saturated heterocycles. The van der Waals surface area contributed by atoms with Gasteiger partial charge in [-0.05, 0) is 42.5 Å². The van der Waals surface area contributed by atoms with Crippen LogP contribution in [0.25, 0.3) is 22.8 Å². The summed E-state index contributed by atoms with van der Waals surface area (Å²) in [6.45, 7) is 0. The number of nitrogens with zero attached hydrogens (tertiary/aromatic N) is 4. The Bertz CT molecular complexity index is 1320. The van der Waals surface area contributed by atoms with E-state index in [1.807, 2.05) is 48.5 Å². The molecule has 2 N–H and O–H groups in total. The molecule has 8 heteroatoms. The Balaban J connectivity index is 1.76. The Kier molecular flexibility index (Phi) is 6.12. The molecular formula is C24H20N6O2. The van der Waals surface area contributed by atoms with E-state index in [0.29, 0.717) is 23.0 Å². The summed E-state index contributed by atoms with van der Waals surface area (Å²) in [7, 11) is 1.56. The van der Waals surface area contributed by atoms with E-state index in [2.05, 4.69) is 20.4 Å². The van der Waals surface area contributed by atoms with Crippen LogP contribution in [0.5, 0.6) is 5.75 Å². The zero-order valence-corrected chi connectivity index (χ0v) is 17.3. The zero-order chi connectivity index (χ0) is 22.3. The van der Waals surface area contributed by atoms with Gasteiger partial charge in [-0.15, -0.1) is 0 Å². The van der Waals surface area contributed by atoms with Crippen LogP contribution in [0.15, 0.2) is 90.1 Å². The lowest BCUT2D eigenvalue weighted by Crippen LogP contribution is -2.18. The van der Waals surface area contributed by atoms with E-state index in [4.69, 9.17) is 10.1 Å². The molecule has 2 aromatic carbocycles. The fourth-order valence-corrected chi connectivity index (χ4v) is 3.12. The van der Waals surface area contributed by atoms with Crippen LogP contribution in [0.2, 0.25) is 0 Å². The van der Waals surface area contributed by atoms with Crippen molar-refractivity contribution >= 4 is 17.6 Å². The maximum atomic E-state index is 12.6. The average molecular weight is 424 g/mol. The molecule has 8 nitrogen and oxygen atoms in total. The number of methoxy groups -OCH3 is 1. The molecule has 0 radical (unpaired) electrons. The Labute approximate surface area is 184 Å². The van der Waals surface area contributed by atoms with Crippen molar-refractivity contribution in [1.29, 1.82) is 5.41 Å². The fourth-order valence-electron chi connectivity index (χ4n) is 3.12. The second-order valence-corrected chi connectivity index (χ2v) is 6.67.